The van der Waals surface area contributed by atoms with Gasteiger partial charge in [0.1, 0.15) is 6.10 Å². The second-order valence-electron chi connectivity index (χ2n) is 4.19. The number of ketones is 1. The van der Waals surface area contributed by atoms with Crippen LogP contribution in [0.5, 0.6) is 0 Å². The van der Waals surface area contributed by atoms with Crippen LogP contribution in [0.15, 0.2) is 0 Å². The standard InChI is InChI=1S/C11H18F3NO2/c1-2-15-6-7-17-10(8-15)9(16)4-3-5-11(12,13)14/h10H,2-8H2,1H3. The molecule has 0 bridgehead atoms. The Morgan fingerprint density at radius 1 is 1.47 bits per heavy atom. The zero-order valence-corrected chi connectivity index (χ0v) is 9.92. The Balaban J connectivity index is 2.27. The van der Waals surface area contributed by atoms with Crippen molar-refractivity contribution in [3.05, 3.63) is 0 Å². The molecule has 0 radical (unpaired) electrons. The number of alkyl halides is 3. The van der Waals surface area contributed by atoms with Crippen molar-refractivity contribution in [2.75, 3.05) is 26.2 Å². The van der Waals surface area contributed by atoms with Gasteiger partial charge in [-0.25, -0.2) is 0 Å². The van der Waals surface area contributed by atoms with Crippen molar-refractivity contribution in [2.45, 2.75) is 38.5 Å². The molecule has 0 spiro atoms. The lowest BCUT2D eigenvalue weighted by Gasteiger charge is -2.31. The summed E-state index contributed by atoms with van der Waals surface area (Å²) in [5.41, 5.74) is 0. The third kappa shape index (κ3) is 5.50. The first-order valence-corrected chi connectivity index (χ1v) is 5.86. The number of rotatable bonds is 5. The summed E-state index contributed by atoms with van der Waals surface area (Å²) in [5, 5.41) is 0. The lowest BCUT2D eigenvalue weighted by Crippen LogP contribution is -2.45. The molecular formula is C11H18F3NO2. The number of likely N-dealkylation sites (N-methyl/N-ethyl adjacent to an activating group) is 1. The normalized spacial score (nSPS) is 22.7. The molecule has 3 nitrogen and oxygen atoms in total. The van der Waals surface area contributed by atoms with Gasteiger partial charge in [0.15, 0.2) is 5.78 Å². The van der Waals surface area contributed by atoms with Crippen LogP contribution < -0.4 is 0 Å². The van der Waals surface area contributed by atoms with Crippen LogP contribution in [0.3, 0.4) is 0 Å². The topological polar surface area (TPSA) is 29.5 Å². The maximum atomic E-state index is 11.9. The molecule has 1 unspecified atom stereocenters. The van der Waals surface area contributed by atoms with Crippen LogP contribution in [0, 0.1) is 0 Å². The van der Waals surface area contributed by atoms with Crippen molar-refractivity contribution in [2.24, 2.45) is 0 Å². The lowest BCUT2D eigenvalue weighted by molar-refractivity contribution is -0.142. The van der Waals surface area contributed by atoms with Gasteiger partial charge in [0.2, 0.25) is 0 Å². The maximum Gasteiger partial charge on any atom is 0.389 e. The van der Waals surface area contributed by atoms with Crippen molar-refractivity contribution in [1.29, 1.82) is 0 Å². The zero-order valence-electron chi connectivity index (χ0n) is 9.92. The molecule has 0 aromatic heterocycles. The molecule has 1 saturated heterocycles. The van der Waals surface area contributed by atoms with E-state index in [1.54, 1.807) is 0 Å². The average Bonchev–Trinajstić information content (AvgIpc) is 2.27. The number of morpholine rings is 1. The minimum atomic E-state index is -4.18. The fraction of sp³-hybridized carbons (Fsp3) is 0.909. The number of hydrogen-bond donors (Lipinski definition) is 0. The summed E-state index contributed by atoms with van der Waals surface area (Å²) in [5.74, 6) is -0.215. The second kappa shape index (κ2) is 6.35. The van der Waals surface area contributed by atoms with E-state index in [4.69, 9.17) is 4.74 Å². The molecule has 17 heavy (non-hydrogen) atoms. The lowest BCUT2D eigenvalue weighted by atomic mass is 10.1. The van der Waals surface area contributed by atoms with Gasteiger partial charge in [-0.15, -0.1) is 0 Å². The van der Waals surface area contributed by atoms with Gasteiger partial charge in [-0.05, 0) is 13.0 Å². The quantitative estimate of drug-likeness (QED) is 0.750. The molecule has 100 valence electrons. The van der Waals surface area contributed by atoms with Crippen LogP contribution >= 0.6 is 0 Å². The SMILES string of the molecule is CCN1CCOC(C(=O)CCCC(F)(F)F)C1. The Labute approximate surface area is 98.9 Å². The Hall–Kier alpha value is -0.620. The number of Topliss-reactive ketones (excluding diaryl/α,β-unsaturated/α-hetero) is 1. The summed E-state index contributed by atoms with van der Waals surface area (Å²) in [6, 6.07) is 0. The van der Waals surface area contributed by atoms with Crippen LogP contribution in [0.4, 0.5) is 13.2 Å². The Bertz CT molecular complexity index is 256. The molecule has 1 fully saturated rings. The predicted molar refractivity (Wildman–Crippen MR) is 56.8 cm³/mol. The van der Waals surface area contributed by atoms with Crippen LogP contribution in [0.25, 0.3) is 0 Å². The van der Waals surface area contributed by atoms with E-state index in [-0.39, 0.29) is 18.6 Å². The number of carbonyl (C=O) groups is 1. The van der Waals surface area contributed by atoms with E-state index in [9.17, 15) is 18.0 Å². The number of carbonyl (C=O) groups excluding carboxylic acids is 1. The fourth-order valence-electron chi connectivity index (χ4n) is 1.81. The van der Waals surface area contributed by atoms with E-state index in [1.807, 2.05) is 6.92 Å². The molecule has 0 amide bonds. The summed E-state index contributed by atoms with van der Waals surface area (Å²) in [7, 11) is 0. The molecular weight excluding hydrogens is 235 g/mol. The average molecular weight is 253 g/mol. The van der Waals surface area contributed by atoms with E-state index in [0.29, 0.717) is 13.2 Å². The largest absolute Gasteiger partial charge is 0.389 e. The number of hydrogen-bond acceptors (Lipinski definition) is 3. The molecule has 1 atom stereocenters. The molecule has 0 aromatic carbocycles. The summed E-state index contributed by atoms with van der Waals surface area (Å²) >= 11 is 0. The van der Waals surface area contributed by atoms with E-state index in [1.165, 1.54) is 0 Å². The number of halogens is 3. The molecule has 0 N–H and O–H groups in total. The third-order valence-electron chi connectivity index (χ3n) is 2.84. The van der Waals surface area contributed by atoms with Gasteiger partial charge in [-0.3, -0.25) is 9.69 Å². The second-order valence-corrected chi connectivity index (χ2v) is 4.19. The molecule has 1 rings (SSSR count). The summed E-state index contributed by atoms with van der Waals surface area (Å²) < 4.78 is 41.0. The van der Waals surface area contributed by atoms with Gasteiger partial charge >= 0.3 is 6.18 Å². The van der Waals surface area contributed by atoms with Gasteiger partial charge in [0.25, 0.3) is 0 Å². The highest BCUT2D eigenvalue weighted by Gasteiger charge is 2.29. The molecule has 0 aliphatic carbocycles. The molecule has 6 heteroatoms. The molecule has 1 aliphatic rings. The van der Waals surface area contributed by atoms with Gasteiger partial charge in [-0.2, -0.15) is 13.2 Å². The summed E-state index contributed by atoms with van der Waals surface area (Å²) in [6.07, 6.45) is -5.82. The van der Waals surface area contributed by atoms with Gasteiger partial charge in [0.05, 0.1) is 6.61 Å². The van der Waals surface area contributed by atoms with E-state index in [0.717, 1.165) is 13.1 Å². The van der Waals surface area contributed by atoms with Crippen molar-refractivity contribution in [3.63, 3.8) is 0 Å². The van der Waals surface area contributed by atoms with Crippen molar-refractivity contribution >= 4 is 5.78 Å². The highest BCUT2D eigenvalue weighted by molar-refractivity contribution is 5.83. The molecule has 1 aliphatic heterocycles. The zero-order chi connectivity index (χ0) is 12.9. The number of nitrogens with zero attached hydrogens (tertiary/aromatic N) is 1. The smallest absolute Gasteiger partial charge is 0.368 e. The van der Waals surface area contributed by atoms with Crippen molar-refractivity contribution < 1.29 is 22.7 Å². The first-order chi connectivity index (χ1) is 7.92. The van der Waals surface area contributed by atoms with Crippen LogP contribution in [0.2, 0.25) is 0 Å². The van der Waals surface area contributed by atoms with Crippen molar-refractivity contribution in [1.82, 2.24) is 4.90 Å². The highest BCUT2D eigenvalue weighted by Crippen LogP contribution is 2.22. The minimum absolute atomic E-state index is 0.0538. The van der Waals surface area contributed by atoms with E-state index in [2.05, 4.69) is 4.90 Å². The Morgan fingerprint density at radius 3 is 2.76 bits per heavy atom. The third-order valence-corrected chi connectivity index (χ3v) is 2.84. The first kappa shape index (κ1) is 14.4. The van der Waals surface area contributed by atoms with E-state index >= 15 is 0 Å². The van der Waals surface area contributed by atoms with Crippen LogP contribution in [-0.2, 0) is 9.53 Å². The first-order valence-electron chi connectivity index (χ1n) is 5.86. The van der Waals surface area contributed by atoms with Gasteiger partial charge < -0.3 is 4.74 Å². The highest BCUT2D eigenvalue weighted by atomic mass is 19.4. The predicted octanol–water partition coefficient (Wildman–Crippen LogP) is 2.01. The van der Waals surface area contributed by atoms with E-state index < -0.39 is 18.7 Å². The van der Waals surface area contributed by atoms with Gasteiger partial charge in [0, 0.05) is 25.9 Å². The van der Waals surface area contributed by atoms with Gasteiger partial charge in [-0.1, -0.05) is 6.92 Å². The Morgan fingerprint density at radius 2 is 2.18 bits per heavy atom. The number of ether oxygens (including phenoxy) is 1. The minimum Gasteiger partial charge on any atom is -0.368 e. The van der Waals surface area contributed by atoms with Crippen molar-refractivity contribution in [3.8, 4) is 0 Å². The molecule has 1 heterocycles. The molecule has 0 saturated carbocycles. The Kier molecular flexibility index (Phi) is 5.39. The maximum absolute atomic E-state index is 11.9. The molecule has 0 aromatic rings. The summed E-state index contributed by atoms with van der Waals surface area (Å²) in [6.45, 7) is 4.57. The summed E-state index contributed by atoms with van der Waals surface area (Å²) in [4.78, 5) is 13.7. The monoisotopic (exact) mass is 253 g/mol. The van der Waals surface area contributed by atoms with Crippen LogP contribution in [0.1, 0.15) is 26.2 Å². The van der Waals surface area contributed by atoms with Crippen LogP contribution in [-0.4, -0.2) is 49.2 Å². The fourth-order valence-corrected chi connectivity index (χ4v) is 1.81.